The molecule has 3 atom stereocenters. The second-order valence-electron chi connectivity index (χ2n) is 10.6. The van der Waals surface area contributed by atoms with Crippen LogP contribution >= 0.6 is 0 Å². The number of benzene rings is 2. The van der Waals surface area contributed by atoms with Crippen molar-refractivity contribution < 1.29 is 23.4 Å². The molecule has 2 aromatic rings. The number of carbonyl (C=O) groups excluding carboxylic acids is 1. The number of esters is 1. The minimum atomic E-state index is -2.62. The van der Waals surface area contributed by atoms with Crippen molar-refractivity contribution in [1.82, 2.24) is 0 Å². The lowest BCUT2D eigenvalue weighted by Gasteiger charge is -2.47. The van der Waals surface area contributed by atoms with E-state index in [4.69, 9.17) is 18.6 Å². The van der Waals surface area contributed by atoms with Crippen LogP contribution in [0.25, 0.3) is 0 Å². The molecule has 34 heavy (non-hydrogen) atoms. The van der Waals surface area contributed by atoms with E-state index in [1.807, 2.05) is 0 Å². The van der Waals surface area contributed by atoms with Gasteiger partial charge in [0, 0.05) is 26.2 Å². The molecule has 0 aromatic heterocycles. The van der Waals surface area contributed by atoms with E-state index in [1.54, 1.807) is 0 Å². The minimum absolute atomic E-state index is 0.0634. The van der Waals surface area contributed by atoms with Crippen LogP contribution in [0.2, 0.25) is 5.04 Å². The monoisotopic (exact) mass is 482 g/mol. The van der Waals surface area contributed by atoms with Crippen molar-refractivity contribution in [3.8, 4) is 0 Å². The first-order chi connectivity index (χ1) is 16.2. The molecule has 184 valence electrons. The molecule has 0 N–H and O–H groups in total. The highest BCUT2D eigenvalue weighted by atomic mass is 28.4. The molecular formula is C28H38O5Si. The van der Waals surface area contributed by atoms with Gasteiger partial charge < -0.3 is 18.6 Å². The summed E-state index contributed by atoms with van der Waals surface area (Å²) in [6, 6.07) is 21.4. The summed E-state index contributed by atoms with van der Waals surface area (Å²) >= 11 is 0. The summed E-state index contributed by atoms with van der Waals surface area (Å²) in [6.45, 7) is 8.80. The molecule has 0 unspecified atom stereocenters. The number of carbonyl (C=O) groups is 1. The molecule has 0 bridgehead atoms. The predicted molar refractivity (Wildman–Crippen MR) is 136 cm³/mol. The number of hydrogen-bond acceptors (Lipinski definition) is 5. The highest BCUT2D eigenvalue weighted by Gasteiger charge is 2.51. The van der Waals surface area contributed by atoms with Gasteiger partial charge in [0.2, 0.25) is 6.29 Å². The summed E-state index contributed by atoms with van der Waals surface area (Å²) in [7, 11) is -2.62. The van der Waals surface area contributed by atoms with E-state index in [9.17, 15) is 4.79 Å². The maximum atomic E-state index is 11.5. The fourth-order valence-corrected chi connectivity index (χ4v) is 10.1. The second-order valence-corrected chi connectivity index (χ2v) is 14.9. The van der Waals surface area contributed by atoms with Gasteiger partial charge in [-0.2, -0.15) is 0 Å². The first kappa shape index (κ1) is 25.1. The molecule has 0 saturated carbocycles. The SMILES string of the molecule is CC(=O)O[C@@H]1CCC[C@]2(CCC[C@@H](CO[Si](c3ccccc3)(c3ccccc3)C(C)(C)C)O2)O1. The van der Waals surface area contributed by atoms with Crippen molar-refractivity contribution in [3.05, 3.63) is 60.7 Å². The molecular weight excluding hydrogens is 444 g/mol. The second kappa shape index (κ2) is 10.3. The van der Waals surface area contributed by atoms with Crippen LogP contribution in [-0.2, 0) is 23.4 Å². The zero-order valence-electron chi connectivity index (χ0n) is 20.9. The van der Waals surface area contributed by atoms with Crippen molar-refractivity contribution in [2.75, 3.05) is 6.61 Å². The van der Waals surface area contributed by atoms with E-state index < -0.39 is 20.4 Å². The van der Waals surface area contributed by atoms with Gasteiger partial charge in [-0.15, -0.1) is 0 Å². The summed E-state index contributed by atoms with van der Waals surface area (Å²) in [5, 5.41) is 2.45. The molecule has 1 spiro atoms. The number of ether oxygens (including phenoxy) is 3. The molecule has 0 amide bonds. The third-order valence-electron chi connectivity index (χ3n) is 7.01. The van der Waals surface area contributed by atoms with Crippen LogP contribution in [0.4, 0.5) is 0 Å². The average molecular weight is 483 g/mol. The Balaban J connectivity index is 1.58. The molecule has 5 nitrogen and oxygen atoms in total. The molecule has 2 aliphatic heterocycles. The lowest BCUT2D eigenvalue weighted by Crippen LogP contribution is -2.67. The maximum Gasteiger partial charge on any atom is 0.304 e. The Kier molecular flexibility index (Phi) is 7.62. The zero-order chi connectivity index (χ0) is 24.2. The van der Waals surface area contributed by atoms with Crippen LogP contribution in [0.1, 0.15) is 66.2 Å². The molecule has 0 radical (unpaired) electrons. The van der Waals surface area contributed by atoms with Crippen LogP contribution in [0.15, 0.2) is 60.7 Å². The fraction of sp³-hybridized carbons (Fsp3) is 0.536. The Morgan fingerprint density at radius 1 is 0.941 bits per heavy atom. The summed E-state index contributed by atoms with van der Waals surface area (Å²) in [6.07, 6.45) is 4.62. The predicted octanol–water partition coefficient (Wildman–Crippen LogP) is 4.92. The van der Waals surface area contributed by atoms with Crippen molar-refractivity contribution in [2.24, 2.45) is 0 Å². The van der Waals surface area contributed by atoms with Gasteiger partial charge in [-0.1, -0.05) is 81.4 Å². The molecule has 2 fully saturated rings. The highest BCUT2D eigenvalue weighted by molar-refractivity contribution is 6.99. The van der Waals surface area contributed by atoms with Gasteiger partial charge in [0.25, 0.3) is 8.32 Å². The van der Waals surface area contributed by atoms with E-state index in [0.29, 0.717) is 13.0 Å². The Labute approximate surface area is 204 Å². The lowest BCUT2D eigenvalue weighted by atomic mass is 9.94. The maximum absolute atomic E-state index is 11.5. The van der Waals surface area contributed by atoms with Gasteiger partial charge in [0.15, 0.2) is 5.79 Å². The van der Waals surface area contributed by atoms with Crippen molar-refractivity contribution in [1.29, 1.82) is 0 Å². The van der Waals surface area contributed by atoms with Gasteiger partial charge in [0.05, 0.1) is 12.7 Å². The standard InChI is InChI=1S/C28H38O5Si/c1-22(29)31-26-18-12-20-28(33-26)19-11-13-23(32-28)21-30-34(27(2,3)4,24-14-7-5-8-15-24)25-16-9-6-10-17-25/h5-10,14-17,23,26H,11-13,18-21H2,1-4H3/t23-,26-,28-/m0/s1. The molecule has 2 aromatic carbocycles. The molecule has 4 rings (SSSR count). The topological polar surface area (TPSA) is 54.0 Å². The zero-order valence-corrected chi connectivity index (χ0v) is 21.9. The van der Waals surface area contributed by atoms with Crippen LogP contribution in [-0.4, -0.2) is 39.1 Å². The number of hydrogen-bond donors (Lipinski definition) is 0. The van der Waals surface area contributed by atoms with Gasteiger partial charge in [-0.05, 0) is 34.7 Å². The minimum Gasteiger partial charge on any atom is -0.436 e. The highest BCUT2D eigenvalue weighted by Crippen LogP contribution is 2.41. The Morgan fingerprint density at radius 3 is 2.03 bits per heavy atom. The largest absolute Gasteiger partial charge is 0.436 e. The Bertz CT molecular complexity index is 899. The molecule has 0 aliphatic carbocycles. The van der Waals surface area contributed by atoms with Gasteiger partial charge in [-0.3, -0.25) is 4.79 Å². The van der Waals surface area contributed by atoms with E-state index in [0.717, 1.165) is 32.1 Å². The van der Waals surface area contributed by atoms with Crippen LogP contribution in [0, 0.1) is 0 Å². The number of rotatable bonds is 6. The Morgan fingerprint density at radius 2 is 1.50 bits per heavy atom. The lowest BCUT2D eigenvalue weighted by molar-refractivity contribution is -0.350. The molecule has 2 saturated heterocycles. The summed E-state index contributed by atoms with van der Waals surface area (Å²) < 4.78 is 25.3. The van der Waals surface area contributed by atoms with E-state index >= 15 is 0 Å². The van der Waals surface area contributed by atoms with Crippen LogP contribution in [0.5, 0.6) is 0 Å². The van der Waals surface area contributed by atoms with Crippen molar-refractivity contribution in [2.45, 2.75) is 89.4 Å². The van der Waals surface area contributed by atoms with Crippen LogP contribution in [0.3, 0.4) is 0 Å². The van der Waals surface area contributed by atoms with Gasteiger partial charge in [0.1, 0.15) is 0 Å². The summed E-state index contributed by atoms with van der Waals surface area (Å²) in [5.74, 6) is -1.000. The Hall–Kier alpha value is -1.99. The smallest absolute Gasteiger partial charge is 0.304 e. The summed E-state index contributed by atoms with van der Waals surface area (Å²) in [4.78, 5) is 11.5. The third kappa shape index (κ3) is 5.30. The molecule has 6 heteroatoms. The van der Waals surface area contributed by atoms with Crippen molar-refractivity contribution >= 4 is 24.7 Å². The van der Waals surface area contributed by atoms with Gasteiger partial charge >= 0.3 is 5.97 Å². The summed E-state index contributed by atoms with van der Waals surface area (Å²) in [5.41, 5.74) is 0. The van der Waals surface area contributed by atoms with E-state index in [1.165, 1.54) is 17.3 Å². The first-order valence-corrected chi connectivity index (χ1v) is 14.4. The van der Waals surface area contributed by atoms with E-state index in [2.05, 4.69) is 81.4 Å². The van der Waals surface area contributed by atoms with E-state index in [-0.39, 0.29) is 17.1 Å². The first-order valence-electron chi connectivity index (χ1n) is 12.5. The van der Waals surface area contributed by atoms with Crippen molar-refractivity contribution in [3.63, 3.8) is 0 Å². The van der Waals surface area contributed by atoms with Crippen LogP contribution < -0.4 is 10.4 Å². The normalized spacial score (nSPS) is 25.8. The average Bonchev–Trinajstić information content (AvgIpc) is 2.80. The third-order valence-corrected chi connectivity index (χ3v) is 12.0. The fourth-order valence-electron chi connectivity index (χ4n) is 5.55. The van der Waals surface area contributed by atoms with Gasteiger partial charge in [-0.25, -0.2) is 0 Å². The quantitative estimate of drug-likeness (QED) is 0.432. The molecule has 2 heterocycles. The molecule has 2 aliphatic rings.